The molecule has 16 heavy (non-hydrogen) atoms. The third-order valence-corrected chi connectivity index (χ3v) is 2.45. The first-order chi connectivity index (χ1) is 7.46. The minimum atomic E-state index is -4.68. The fourth-order valence-electron chi connectivity index (χ4n) is 1.12. The van der Waals surface area contributed by atoms with E-state index in [-0.39, 0.29) is 5.75 Å². The van der Waals surface area contributed by atoms with E-state index >= 15 is 0 Å². The zero-order valence-electron chi connectivity index (χ0n) is 8.80. The summed E-state index contributed by atoms with van der Waals surface area (Å²) in [6.07, 6.45) is -2.85. The molecule has 0 saturated heterocycles. The average molecular weight is 252 g/mol. The van der Waals surface area contributed by atoms with Gasteiger partial charge in [-0.05, 0) is 25.3 Å². The number of hydrogen-bond acceptors (Lipinski definition) is 3. The Morgan fingerprint density at radius 3 is 2.50 bits per heavy atom. The first kappa shape index (κ1) is 13.0. The summed E-state index contributed by atoms with van der Waals surface area (Å²) in [6.45, 7) is 2.16. The summed E-state index contributed by atoms with van der Waals surface area (Å²) in [7, 11) is 0. The largest absolute Gasteiger partial charge is 0.573 e. The highest BCUT2D eigenvalue weighted by molar-refractivity contribution is 7.98. The van der Waals surface area contributed by atoms with Gasteiger partial charge in [-0.25, -0.2) is 0 Å². The van der Waals surface area contributed by atoms with Crippen molar-refractivity contribution < 1.29 is 22.6 Å². The van der Waals surface area contributed by atoms with Crippen molar-refractivity contribution >= 4 is 11.8 Å². The van der Waals surface area contributed by atoms with Crippen molar-refractivity contribution in [2.75, 3.05) is 12.9 Å². The SMILES string of the molecule is CCOc1cc(OC(F)(F)F)ccc1SC. The van der Waals surface area contributed by atoms with Crippen LogP contribution in [0.3, 0.4) is 0 Å². The van der Waals surface area contributed by atoms with E-state index < -0.39 is 6.36 Å². The van der Waals surface area contributed by atoms with Crippen molar-refractivity contribution in [1.29, 1.82) is 0 Å². The molecule has 1 aromatic carbocycles. The second kappa shape index (κ2) is 5.34. The smallest absolute Gasteiger partial charge is 0.493 e. The molecule has 0 heterocycles. The van der Waals surface area contributed by atoms with Crippen LogP contribution in [0.2, 0.25) is 0 Å². The minimum Gasteiger partial charge on any atom is -0.493 e. The normalized spacial score (nSPS) is 11.3. The van der Waals surface area contributed by atoms with E-state index in [2.05, 4.69) is 4.74 Å². The van der Waals surface area contributed by atoms with Crippen molar-refractivity contribution in [3.8, 4) is 11.5 Å². The van der Waals surface area contributed by atoms with E-state index in [9.17, 15) is 13.2 Å². The number of thioether (sulfide) groups is 1. The summed E-state index contributed by atoms with van der Waals surface area (Å²) < 4.78 is 44.9. The van der Waals surface area contributed by atoms with Crippen LogP contribution in [0, 0.1) is 0 Å². The molecule has 0 aliphatic heterocycles. The van der Waals surface area contributed by atoms with E-state index in [1.165, 1.54) is 30.0 Å². The maximum absolute atomic E-state index is 12.0. The highest BCUT2D eigenvalue weighted by atomic mass is 32.2. The molecular weight excluding hydrogens is 241 g/mol. The molecule has 0 spiro atoms. The lowest BCUT2D eigenvalue weighted by atomic mass is 10.3. The second-order valence-corrected chi connectivity index (χ2v) is 3.64. The molecule has 0 fully saturated rings. The monoisotopic (exact) mass is 252 g/mol. The van der Waals surface area contributed by atoms with Gasteiger partial charge in [-0.3, -0.25) is 0 Å². The van der Waals surface area contributed by atoms with E-state index in [1.807, 2.05) is 6.26 Å². The first-order valence-corrected chi connectivity index (χ1v) is 5.75. The third kappa shape index (κ3) is 3.84. The van der Waals surface area contributed by atoms with Crippen LogP contribution in [0.25, 0.3) is 0 Å². The van der Waals surface area contributed by atoms with Gasteiger partial charge in [-0.2, -0.15) is 0 Å². The number of hydrogen-bond donors (Lipinski definition) is 0. The molecule has 1 rings (SSSR count). The second-order valence-electron chi connectivity index (χ2n) is 2.79. The van der Waals surface area contributed by atoms with E-state index in [4.69, 9.17) is 4.74 Å². The number of rotatable bonds is 4. The van der Waals surface area contributed by atoms with E-state index in [1.54, 1.807) is 6.92 Å². The van der Waals surface area contributed by atoms with Gasteiger partial charge >= 0.3 is 6.36 Å². The lowest BCUT2D eigenvalue weighted by molar-refractivity contribution is -0.274. The average Bonchev–Trinajstić information content (AvgIpc) is 2.16. The molecule has 2 nitrogen and oxygen atoms in total. The topological polar surface area (TPSA) is 18.5 Å². The predicted molar refractivity (Wildman–Crippen MR) is 56.1 cm³/mol. The van der Waals surface area contributed by atoms with Gasteiger partial charge in [0.05, 0.1) is 6.61 Å². The van der Waals surface area contributed by atoms with Crippen molar-refractivity contribution in [1.82, 2.24) is 0 Å². The van der Waals surface area contributed by atoms with Crippen LogP contribution in [0.1, 0.15) is 6.92 Å². The lowest BCUT2D eigenvalue weighted by Crippen LogP contribution is -2.17. The Bertz CT molecular complexity index is 352. The van der Waals surface area contributed by atoms with Gasteiger partial charge in [0.1, 0.15) is 11.5 Å². The molecule has 0 saturated carbocycles. The van der Waals surface area contributed by atoms with Crippen molar-refractivity contribution in [3.05, 3.63) is 18.2 Å². The fraction of sp³-hybridized carbons (Fsp3) is 0.400. The first-order valence-electron chi connectivity index (χ1n) is 4.53. The Balaban J connectivity index is 2.93. The van der Waals surface area contributed by atoms with Crippen LogP contribution in [0.5, 0.6) is 11.5 Å². The zero-order valence-corrected chi connectivity index (χ0v) is 9.61. The molecule has 1 aromatic rings. The predicted octanol–water partition coefficient (Wildman–Crippen LogP) is 3.71. The molecular formula is C10H11F3O2S. The fourth-order valence-corrected chi connectivity index (χ4v) is 1.65. The number of halogens is 3. The Labute approximate surface area is 95.7 Å². The van der Waals surface area contributed by atoms with Gasteiger partial charge in [-0.15, -0.1) is 24.9 Å². The lowest BCUT2D eigenvalue weighted by Gasteiger charge is -2.12. The van der Waals surface area contributed by atoms with Crippen molar-refractivity contribution in [2.24, 2.45) is 0 Å². The zero-order chi connectivity index (χ0) is 12.2. The summed E-state index contributed by atoms with van der Waals surface area (Å²) in [5, 5.41) is 0. The van der Waals surface area contributed by atoms with Crippen LogP contribution in [-0.2, 0) is 0 Å². The molecule has 0 atom stereocenters. The molecule has 0 aromatic heterocycles. The summed E-state index contributed by atoms with van der Waals surface area (Å²) in [4.78, 5) is 0.774. The molecule has 0 aliphatic carbocycles. The van der Waals surface area contributed by atoms with Crippen LogP contribution in [0.4, 0.5) is 13.2 Å². The van der Waals surface area contributed by atoms with E-state index in [0.29, 0.717) is 12.4 Å². The maximum atomic E-state index is 12.0. The molecule has 0 amide bonds. The van der Waals surface area contributed by atoms with Gasteiger partial charge in [0.25, 0.3) is 0 Å². The minimum absolute atomic E-state index is 0.270. The number of benzene rings is 1. The molecule has 0 N–H and O–H groups in total. The van der Waals surface area contributed by atoms with Crippen LogP contribution < -0.4 is 9.47 Å². The number of alkyl halides is 3. The third-order valence-electron chi connectivity index (χ3n) is 1.67. The van der Waals surface area contributed by atoms with Gasteiger partial charge in [-0.1, -0.05) is 0 Å². The standard InChI is InChI=1S/C10H11F3O2S/c1-3-14-8-6-7(15-10(11,12)13)4-5-9(8)16-2/h4-6H,3H2,1-2H3. The van der Waals surface area contributed by atoms with Gasteiger partial charge in [0.15, 0.2) is 0 Å². The number of ether oxygens (including phenoxy) is 2. The maximum Gasteiger partial charge on any atom is 0.573 e. The van der Waals surface area contributed by atoms with Crippen molar-refractivity contribution in [3.63, 3.8) is 0 Å². The van der Waals surface area contributed by atoms with Crippen LogP contribution >= 0.6 is 11.8 Å². The Hall–Kier alpha value is -1.04. The summed E-state index contributed by atoms with van der Waals surface area (Å²) in [5.74, 6) is 0.130. The Morgan fingerprint density at radius 1 is 1.31 bits per heavy atom. The van der Waals surface area contributed by atoms with E-state index in [0.717, 1.165) is 4.90 Å². The van der Waals surface area contributed by atoms with Crippen molar-refractivity contribution in [2.45, 2.75) is 18.2 Å². The summed E-state index contributed by atoms with van der Waals surface area (Å²) in [6, 6.07) is 4.04. The van der Waals surface area contributed by atoms with Crippen LogP contribution in [0.15, 0.2) is 23.1 Å². The molecule has 6 heteroatoms. The summed E-state index contributed by atoms with van der Waals surface area (Å²) >= 11 is 1.40. The molecule has 0 unspecified atom stereocenters. The molecule has 90 valence electrons. The van der Waals surface area contributed by atoms with Gasteiger partial charge in [0.2, 0.25) is 0 Å². The molecule has 0 bridgehead atoms. The Kier molecular flexibility index (Phi) is 4.35. The summed E-state index contributed by atoms with van der Waals surface area (Å²) in [5.41, 5.74) is 0. The highest BCUT2D eigenvalue weighted by Crippen LogP contribution is 2.33. The molecule has 0 radical (unpaired) electrons. The Morgan fingerprint density at radius 2 is 2.00 bits per heavy atom. The van der Waals surface area contributed by atoms with Gasteiger partial charge in [0, 0.05) is 11.0 Å². The van der Waals surface area contributed by atoms with Crippen LogP contribution in [-0.4, -0.2) is 19.2 Å². The quantitative estimate of drug-likeness (QED) is 0.761. The van der Waals surface area contributed by atoms with Gasteiger partial charge < -0.3 is 9.47 Å². The molecule has 0 aliphatic rings. The highest BCUT2D eigenvalue weighted by Gasteiger charge is 2.31.